The van der Waals surface area contributed by atoms with Crippen LogP contribution in [0.25, 0.3) is 111 Å². The van der Waals surface area contributed by atoms with Crippen LogP contribution in [0.3, 0.4) is 0 Å². The molecule has 0 saturated heterocycles. The van der Waals surface area contributed by atoms with E-state index in [1.54, 1.807) is 0 Å². The molecular weight excluding hydrogens is 835 g/mol. The summed E-state index contributed by atoms with van der Waals surface area (Å²) >= 11 is 0. The summed E-state index contributed by atoms with van der Waals surface area (Å²) in [7, 11) is 0. The minimum atomic E-state index is -0.622. The molecule has 0 N–H and O–H groups in total. The van der Waals surface area contributed by atoms with Crippen molar-refractivity contribution in [2.45, 2.75) is 5.41 Å². The molecule has 4 heterocycles. The Morgan fingerprint density at radius 3 is 1.70 bits per heavy atom. The Hall–Kier alpha value is -9.05. The smallest absolute Gasteiger partial charge is 0.0754 e. The number of hydrogen-bond donors (Lipinski definition) is 0. The zero-order valence-corrected chi connectivity index (χ0v) is 37.5. The van der Waals surface area contributed by atoms with E-state index >= 15 is 0 Å². The molecule has 0 saturated carbocycles. The molecule has 1 unspecified atom stereocenters. The second-order valence-corrected chi connectivity index (χ2v) is 18.6. The lowest BCUT2D eigenvalue weighted by Gasteiger charge is -2.39. The first-order chi connectivity index (χ1) is 34.2. The van der Waals surface area contributed by atoms with Gasteiger partial charge < -0.3 is 9.13 Å². The van der Waals surface area contributed by atoms with Crippen LogP contribution in [-0.2, 0) is 5.41 Å². The predicted octanol–water partition coefficient (Wildman–Crippen LogP) is 16.6. The van der Waals surface area contributed by atoms with Crippen LogP contribution in [0.15, 0.2) is 249 Å². The third kappa shape index (κ3) is 5.30. The van der Waals surface area contributed by atoms with Crippen molar-refractivity contribution in [1.82, 2.24) is 14.1 Å². The molecule has 0 amide bonds. The van der Waals surface area contributed by atoms with Crippen LogP contribution in [0.1, 0.15) is 22.3 Å². The standard InChI is InChI=1S/C66H41N3/c1-4-18-42(19-5-1)46-39-58(43-20-6-2-7-21-43)67-59(40-46)52-27-17-29-56-64(52)53-38-44(45-34-36-50-48-24-10-13-31-60(48)68(63(50)41-45)47-22-8-3-9-23-47)35-37-54(53)66(56)55-28-12-15-33-62(55)69-61-32-14-11-25-49(61)51-26-16-30-57(66)65(51)69/h1-41H. The van der Waals surface area contributed by atoms with Gasteiger partial charge >= 0.3 is 0 Å². The van der Waals surface area contributed by atoms with Crippen molar-refractivity contribution in [3.8, 4) is 67.3 Å². The van der Waals surface area contributed by atoms with E-state index in [0.717, 1.165) is 39.3 Å². The molecule has 1 spiro atoms. The van der Waals surface area contributed by atoms with E-state index < -0.39 is 5.41 Å². The predicted molar refractivity (Wildman–Crippen MR) is 286 cm³/mol. The molecule has 2 aliphatic rings. The van der Waals surface area contributed by atoms with E-state index in [-0.39, 0.29) is 0 Å². The number of fused-ring (bicyclic) bond motifs is 15. The van der Waals surface area contributed by atoms with Gasteiger partial charge in [0.2, 0.25) is 0 Å². The molecule has 69 heavy (non-hydrogen) atoms. The van der Waals surface area contributed by atoms with Crippen LogP contribution in [0.2, 0.25) is 0 Å². The number of nitrogens with zero attached hydrogens (tertiary/aromatic N) is 3. The molecular formula is C66H41N3. The van der Waals surface area contributed by atoms with Gasteiger partial charge in [0.05, 0.1) is 44.6 Å². The van der Waals surface area contributed by atoms with E-state index in [2.05, 4.69) is 258 Å². The Morgan fingerprint density at radius 2 is 0.884 bits per heavy atom. The van der Waals surface area contributed by atoms with Crippen LogP contribution in [0, 0.1) is 0 Å². The second-order valence-electron chi connectivity index (χ2n) is 18.6. The van der Waals surface area contributed by atoms with Crippen molar-refractivity contribution in [3.63, 3.8) is 0 Å². The van der Waals surface area contributed by atoms with E-state index in [1.807, 2.05) is 0 Å². The lowest BCUT2D eigenvalue weighted by molar-refractivity contribution is 0.748. The van der Waals surface area contributed by atoms with Gasteiger partial charge in [0.15, 0.2) is 0 Å². The Morgan fingerprint density at radius 1 is 0.304 bits per heavy atom. The summed E-state index contributed by atoms with van der Waals surface area (Å²) in [4.78, 5) is 5.60. The van der Waals surface area contributed by atoms with Crippen molar-refractivity contribution in [2.75, 3.05) is 0 Å². The summed E-state index contributed by atoms with van der Waals surface area (Å²) in [5.41, 5.74) is 23.0. The summed E-state index contributed by atoms with van der Waals surface area (Å²) in [5, 5.41) is 5.03. The quantitative estimate of drug-likeness (QED) is 0.169. The van der Waals surface area contributed by atoms with Crippen LogP contribution in [0.4, 0.5) is 0 Å². The van der Waals surface area contributed by atoms with Crippen molar-refractivity contribution >= 4 is 43.6 Å². The average Bonchev–Trinajstić information content (AvgIpc) is 4.05. The highest BCUT2D eigenvalue weighted by Gasteiger charge is 2.51. The highest BCUT2D eigenvalue weighted by Crippen LogP contribution is 2.63. The molecule has 1 aliphatic carbocycles. The average molecular weight is 876 g/mol. The molecule has 13 aromatic rings. The Labute approximate surface area is 399 Å². The molecule has 0 fully saturated rings. The first-order valence-electron chi connectivity index (χ1n) is 23.9. The van der Waals surface area contributed by atoms with Crippen molar-refractivity contribution in [1.29, 1.82) is 0 Å². The third-order valence-electron chi connectivity index (χ3n) is 15.1. The third-order valence-corrected chi connectivity index (χ3v) is 15.1. The summed E-state index contributed by atoms with van der Waals surface area (Å²) in [6.45, 7) is 0. The number of rotatable bonds is 5. The van der Waals surface area contributed by atoms with Crippen LogP contribution < -0.4 is 0 Å². The zero-order valence-electron chi connectivity index (χ0n) is 37.5. The normalized spacial score (nSPS) is 14.4. The fraction of sp³-hybridized carbons (Fsp3) is 0.0152. The van der Waals surface area contributed by atoms with Crippen LogP contribution >= 0.6 is 0 Å². The van der Waals surface area contributed by atoms with Gasteiger partial charge in [-0.3, -0.25) is 0 Å². The summed E-state index contributed by atoms with van der Waals surface area (Å²) < 4.78 is 4.94. The van der Waals surface area contributed by atoms with Gasteiger partial charge in [-0.1, -0.05) is 194 Å². The Kier molecular flexibility index (Phi) is 7.99. The molecule has 3 heteroatoms. The number of aromatic nitrogens is 3. The van der Waals surface area contributed by atoms with Gasteiger partial charge in [-0.05, 0) is 110 Å². The highest BCUT2D eigenvalue weighted by molar-refractivity contribution is 6.14. The maximum Gasteiger partial charge on any atom is 0.0754 e. The summed E-state index contributed by atoms with van der Waals surface area (Å²) in [6, 6.07) is 91.7. The monoisotopic (exact) mass is 875 g/mol. The molecule has 0 radical (unpaired) electrons. The maximum absolute atomic E-state index is 5.60. The fourth-order valence-corrected chi connectivity index (χ4v) is 12.3. The number of hydrogen-bond acceptors (Lipinski definition) is 1. The Balaban J connectivity index is 1.05. The molecule has 1 atom stereocenters. The van der Waals surface area contributed by atoms with Crippen molar-refractivity contribution in [3.05, 3.63) is 271 Å². The molecule has 15 rings (SSSR count). The Bertz CT molecular complexity index is 4180. The largest absolute Gasteiger partial charge is 0.309 e. The van der Waals surface area contributed by atoms with Gasteiger partial charge in [0.25, 0.3) is 0 Å². The summed E-state index contributed by atoms with van der Waals surface area (Å²) in [6.07, 6.45) is 0. The maximum atomic E-state index is 5.60. The van der Waals surface area contributed by atoms with Gasteiger partial charge in [-0.2, -0.15) is 0 Å². The molecule has 0 bridgehead atoms. The van der Waals surface area contributed by atoms with E-state index in [0.29, 0.717) is 0 Å². The van der Waals surface area contributed by atoms with Crippen LogP contribution in [0.5, 0.6) is 0 Å². The van der Waals surface area contributed by atoms with Crippen molar-refractivity contribution < 1.29 is 0 Å². The van der Waals surface area contributed by atoms with Gasteiger partial charge in [-0.25, -0.2) is 4.98 Å². The minimum absolute atomic E-state index is 0.622. The lowest BCUT2D eigenvalue weighted by atomic mass is 9.65. The molecule has 10 aromatic carbocycles. The van der Waals surface area contributed by atoms with Gasteiger partial charge in [0.1, 0.15) is 0 Å². The fourth-order valence-electron chi connectivity index (χ4n) is 12.3. The van der Waals surface area contributed by atoms with E-state index in [9.17, 15) is 0 Å². The number of para-hydroxylation sites is 5. The van der Waals surface area contributed by atoms with Crippen LogP contribution in [-0.4, -0.2) is 14.1 Å². The topological polar surface area (TPSA) is 22.8 Å². The van der Waals surface area contributed by atoms with Gasteiger partial charge in [-0.15, -0.1) is 0 Å². The molecule has 320 valence electrons. The molecule has 3 aromatic heterocycles. The first kappa shape index (κ1) is 38.1. The van der Waals surface area contributed by atoms with Gasteiger partial charge in [0, 0.05) is 38.4 Å². The minimum Gasteiger partial charge on any atom is -0.309 e. The van der Waals surface area contributed by atoms with E-state index in [4.69, 9.17) is 4.98 Å². The van der Waals surface area contributed by atoms with Crippen molar-refractivity contribution in [2.24, 2.45) is 0 Å². The zero-order chi connectivity index (χ0) is 45.2. The number of benzene rings is 10. The number of pyridine rings is 1. The summed E-state index contributed by atoms with van der Waals surface area (Å²) in [5.74, 6) is 0. The first-order valence-corrected chi connectivity index (χ1v) is 23.9. The molecule has 1 aliphatic heterocycles. The SMILES string of the molecule is c1ccc(-c2cc(-c3ccccc3)nc(-c3cccc4c3-c3cc(-c5ccc6c7ccccc7n(-c7ccccc7)c6c5)ccc3C43c4ccccc4-n4c5ccccc5c5cccc3c54)c2)cc1. The highest BCUT2D eigenvalue weighted by atomic mass is 15.0. The lowest BCUT2D eigenvalue weighted by Crippen LogP contribution is -2.33. The molecule has 3 nitrogen and oxygen atoms in total. The second kappa shape index (κ2) is 14.5. The van der Waals surface area contributed by atoms with E-state index in [1.165, 1.54) is 93.8 Å².